The van der Waals surface area contributed by atoms with Gasteiger partial charge in [-0.2, -0.15) is 0 Å². The Bertz CT molecular complexity index is 1740. The Morgan fingerprint density at radius 2 is 0.796 bits per heavy atom. The molecule has 5 aliphatic carbocycles. The van der Waals surface area contributed by atoms with E-state index in [0.717, 1.165) is 26.5 Å². The fraction of sp³-hybridized carbons (Fsp3) is 0.391. The molecule has 0 spiro atoms. The fourth-order valence-electron chi connectivity index (χ4n) is 12.2. The molecular formula is C46H50Cl2Hf. The molecule has 6 aliphatic rings. The third-order valence-electron chi connectivity index (χ3n) is 14.0. The van der Waals surface area contributed by atoms with Gasteiger partial charge in [-0.3, -0.25) is 0 Å². The van der Waals surface area contributed by atoms with Crippen LogP contribution in [0.2, 0.25) is 7.35 Å². The first-order valence-electron chi connectivity index (χ1n) is 19.1. The van der Waals surface area contributed by atoms with Crippen molar-refractivity contribution >= 4 is 37.0 Å². The minimum absolute atomic E-state index is 0. The van der Waals surface area contributed by atoms with Crippen molar-refractivity contribution in [1.29, 1.82) is 0 Å². The van der Waals surface area contributed by atoms with Crippen LogP contribution >= 0.6 is 24.8 Å². The number of allylic oxidation sites excluding steroid dienone is 2. The second kappa shape index (κ2) is 13.7. The largest absolute Gasteiger partial charge is 0.147 e. The molecule has 4 aromatic carbocycles. The molecule has 0 N–H and O–H groups in total. The summed E-state index contributed by atoms with van der Waals surface area (Å²) in [7, 11) is 0. The van der Waals surface area contributed by atoms with Crippen LogP contribution in [0.1, 0.15) is 107 Å². The smallest absolute Gasteiger partial charge is 0.147 e. The van der Waals surface area contributed by atoms with E-state index in [9.17, 15) is 0 Å². The van der Waals surface area contributed by atoms with Crippen LogP contribution in [-0.2, 0) is 20.0 Å². The Balaban J connectivity index is 0.00000174. The molecule has 3 heteroatoms. The van der Waals surface area contributed by atoms with Gasteiger partial charge in [0.05, 0.1) is 0 Å². The maximum atomic E-state index is 2.82. The van der Waals surface area contributed by atoms with E-state index in [1.807, 2.05) is 11.1 Å². The summed E-state index contributed by atoms with van der Waals surface area (Å²) in [5.41, 5.74) is 16.4. The Morgan fingerprint density at radius 1 is 0.408 bits per heavy atom. The van der Waals surface area contributed by atoms with E-state index in [0.29, 0.717) is 0 Å². The van der Waals surface area contributed by atoms with Gasteiger partial charge in [0, 0.05) is 0 Å². The molecule has 4 fully saturated rings. The average molecular weight is 852 g/mol. The van der Waals surface area contributed by atoms with Crippen LogP contribution in [-0.4, -0.2) is 0 Å². The summed E-state index contributed by atoms with van der Waals surface area (Å²) in [6.07, 6.45) is 23.0. The number of hydrogen-bond acceptors (Lipinski definition) is 0. The van der Waals surface area contributed by atoms with Crippen molar-refractivity contribution in [2.24, 2.45) is 11.8 Å². The molecule has 0 radical (unpaired) electrons. The van der Waals surface area contributed by atoms with Crippen molar-refractivity contribution in [2.75, 3.05) is 0 Å². The third-order valence-corrected chi connectivity index (χ3v) is 38.6. The molecule has 0 amide bonds. The summed E-state index contributed by atoms with van der Waals surface area (Å²) in [5, 5.41) is 0. The van der Waals surface area contributed by atoms with Crippen molar-refractivity contribution < 1.29 is 20.0 Å². The fourth-order valence-corrected chi connectivity index (χ4v) is 47.8. The molecule has 4 aromatic rings. The molecule has 4 unspecified atom stereocenters. The molecule has 3 saturated carbocycles. The quantitative estimate of drug-likeness (QED) is 0.170. The molecule has 0 nitrogen and oxygen atoms in total. The number of benzene rings is 4. The van der Waals surface area contributed by atoms with Crippen molar-refractivity contribution in [2.45, 2.75) is 91.7 Å². The molecule has 1 aliphatic heterocycles. The first-order chi connectivity index (χ1) is 23.3. The zero-order chi connectivity index (χ0) is 31.0. The van der Waals surface area contributed by atoms with Gasteiger partial charge in [-0.25, -0.2) is 0 Å². The van der Waals surface area contributed by atoms with E-state index in [2.05, 4.69) is 109 Å². The van der Waals surface area contributed by atoms with Crippen LogP contribution in [0.15, 0.2) is 108 Å². The zero-order valence-corrected chi connectivity index (χ0v) is 33.9. The summed E-state index contributed by atoms with van der Waals surface area (Å²) < 4.78 is 3.63. The van der Waals surface area contributed by atoms with E-state index in [1.165, 1.54) is 99.3 Å². The van der Waals surface area contributed by atoms with Crippen LogP contribution in [0.4, 0.5) is 0 Å². The number of halogens is 2. The van der Waals surface area contributed by atoms with Crippen LogP contribution in [0.5, 0.6) is 0 Å². The predicted molar refractivity (Wildman–Crippen MR) is 210 cm³/mol. The van der Waals surface area contributed by atoms with Gasteiger partial charge in [-0.1, -0.05) is 0 Å². The van der Waals surface area contributed by atoms with Crippen LogP contribution < -0.4 is 0 Å². The average Bonchev–Trinajstić information content (AvgIpc) is 3.80. The van der Waals surface area contributed by atoms with Crippen molar-refractivity contribution in [3.63, 3.8) is 0 Å². The van der Waals surface area contributed by atoms with E-state index in [-0.39, 0.29) is 24.8 Å². The molecule has 0 aromatic heterocycles. The molecule has 10 rings (SSSR count). The standard InChI is InChI=1S/2C20H19.C6H10.2ClH.Hf/c2*1-2-9-16(10-3-1)19-12-6-11-17-13-18(14-20(17)19)15-7-4-5-8-15;1-2-4-6-5-3-1;;;/h2*1-3,6,9-15H,4-5,7-8H2;1-2H,3-6H2;2*1H;. The maximum Gasteiger partial charge on any atom is -0.147 e. The summed E-state index contributed by atoms with van der Waals surface area (Å²) in [4.78, 5) is 0. The van der Waals surface area contributed by atoms with Gasteiger partial charge in [0.15, 0.2) is 0 Å². The van der Waals surface area contributed by atoms with Crippen LogP contribution in [0, 0.1) is 11.8 Å². The summed E-state index contributed by atoms with van der Waals surface area (Å²) >= 11 is -3.27. The van der Waals surface area contributed by atoms with Gasteiger partial charge < -0.3 is 0 Å². The molecule has 1 heterocycles. The first kappa shape index (κ1) is 33.9. The van der Waals surface area contributed by atoms with E-state index >= 15 is 0 Å². The topological polar surface area (TPSA) is 0 Å². The second-order valence-corrected chi connectivity index (χ2v) is 32.6. The van der Waals surface area contributed by atoms with Crippen molar-refractivity contribution in [1.82, 2.24) is 0 Å². The van der Waals surface area contributed by atoms with Crippen LogP contribution in [0.3, 0.4) is 0 Å². The summed E-state index contributed by atoms with van der Waals surface area (Å²) in [6, 6.07) is 37.7. The van der Waals surface area contributed by atoms with Gasteiger partial charge in [-0.15, -0.1) is 24.8 Å². The van der Waals surface area contributed by atoms with Crippen molar-refractivity contribution in [3.8, 4) is 22.3 Å². The molecule has 252 valence electrons. The first-order valence-corrected chi connectivity index (χ1v) is 27.4. The summed E-state index contributed by atoms with van der Waals surface area (Å²) in [6.45, 7) is 0. The van der Waals surface area contributed by atoms with E-state index in [4.69, 9.17) is 0 Å². The number of fused-ring (bicyclic) bond motifs is 3. The van der Waals surface area contributed by atoms with Gasteiger partial charge in [0.2, 0.25) is 0 Å². The van der Waals surface area contributed by atoms with Gasteiger partial charge in [0.25, 0.3) is 0 Å². The van der Waals surface area contributed by atoms with Gasteiger partial charge in [0.1, 0.15) is 0 Å². The predicted octanol–water partition coefficient (Wildman–Crippen LogP) is 14.1. The minimum Gasteiger partial charge on any atom is -0.147 e. The Kier molecular flexibility index (Phi) is 9.52. The van der Waals surface area contributed by atoms with Crippen molar-refractivity contribution in [3.05, 3.63) is 130 Å². The Labute approximate surface area is 311 Å². The molecule has 0 bridgehead atoms. The molecule has 4 atom stereocenters. The monoisotopic (exact) mass is 852 g/mol. The molecular weight excluding hydrogens is 802 g/mol. The molecule has 49 heavy (non-hydrogen) atoms. The summed E-state index contributed by atoms with van der Waals surface area (Å²) in [5.74, 6) is 1.59. The number of hydrogen-bond donors (Lipinski definition) is 0. The SMILES string of the molecule is C1=C(C2CCCC2)[CH]([Hf]2([CH]3C(C4CCCC4)=Cc4c(-c5ccccc5)cccc43)[CH]3CCCC[CH]32)c2cccc(-c3ccccc3)c21.Cl.Cl. The maximum absolute atomic E-state index is 3.27. The second-order valence-electron chi connectivity index (χ2n) is 16.0. The van der Waals surface area contributed by atoms with Crippen LogP contribution in [0.25, 0.3) is 34.4 Å². The van der Waals surface area contributed by atoms with Gasteiger partial charge >= 0.3 is 288 Å². The minimum atomic E-state index is -3.27. The van der Waals surface area contributed by atoms with E-state index < -0.39 is 20.0 Å². The Morgan fingerprint density at radius 3 is 1.20 bits per heavy atom. The normalized spacial score (nSPS) is 28.5. The van der Waals surface area contributed by atoms with Gasteiger partial charge in [-0.05, 0) is 0 Å². The number of rotatable bonds is 6. The molecule has 1 saturated heterocycles. The zero-order valence-electron chi connectivity index (χ0n) is 28.7. The van der Waals surface area contributed by atoms with E-state index in [1.54, 1.807) is 22.3 Å². The third kappa shape index (κ3) is 5.30. The Hall–Kier alpha value is -2.19.